The van der Waals surface area contributed by atoms with E-state index < -0.39 is 17.7 Å². The molecule has 0 spiro atoms. The van der Waals surface area contributed by atoms with Gasteiger partial charge in [0, 0.05) is 3.57 Å². The summed E-state index contributed by atoms with van der Waals surface area (Å²) in [6, 6.07) is 6.89. The number of nitrogens with zero attached hydrogens (tertiary/aromatic N) is 1. The van der Waals surface area contributed by atoms with Crippen LogP contribution in [-0.2, 0) is 4.79 Å². The number of β-amino-alcohol motifs (C(OH)–C–C–N with tert-alkyl or cyclic N) is 1. The molecule has 114 valence electrons. The Morgan fingerprint density at radius 3 is 2.48 bits per heavy atom. The summed E-state index contributed by atoms with van der Waals surface area (Å²) in [6.45, 7) is 3.18. The number of urea groups is 1. The molecular formula is C14H17IN2O4. The maximum atomic E-state index is 12.0. The molecule has 1 heterocycles. The SMILES string of the molecule is CC1(C)NC(=O)N(C[C@@H](O)COc2ccc(I)cc2)C1=O. The molecule has 1 fully saturated rings. The third-order valence-electron chi connectivity index (χ3n) is 3.09. The molecule has 1 aromatic rings. The highest BCUT2D eigenvalue weighted by Gasteiger charge is 2.44. The second kappa shape index (κ2) is 6.18. The first-order valence-corrected chi connectivity index (χ1v) is 7.58. The van der Waals surface area contributed by atoms with Crippen molar-refractivity contribution in [3.63, 3.8) is 0 Å². The van der Waals surface area contributed by atoms with Crippen molar-refractivity contribution in [2.24, 2.45) is 0 Å². The van der Waals surface area contributed by atoms with Gasteiger partial charge in [0.05, 0.1) is 6.54 Å². The van der Waals surface area contributed by atoms with E-state index in [0.717, 1.165) is 8.47 Å². The molecule has 0 saturated carbocycles. The first kappa shape index (κ1) is 16.0. The lowest BCUT2D eigenvalue weighted by Gasteiger charge is -2.19. The van der Waals surface area contributed by atoms with Gasteiger partial charge in [0.2, 0.25) is 0 Å². The minimum Gasteiger partial charge on any atom is -0.491 e. The normalized spacial score (nSPS) is 18.6. The summed E-state index contributed by atoms with van der Waals surface area (Å²) in [5.41, 5.74) is -0.923. The molecule has 7 heteroatoms. The summed E-state index contributed by atoms with van der Waals surface area (Å²) in [6.07, 6.45) is -0.937. The zero-order valence-electron chi connectivity index (χ0n) is 11.8. The van der Waals surface area contributed by atoms with Gasteiger partial charge >= 0.3 is 6.03 Å². The lowest BCUT2D eigenvalue weighted by molar-refractivity contribution is -0.131. The van der Waals surface area contributed by atoms with Crippen molar-refractivity contribution in [1.82, 2.24) is 10.2 Å². The number of halogens is 1. The molecule has 1 aliphatic rings. The summed E-state index contributed by atoms with van der Waals surface area (Å²) in [7, 11) is 0. The van der Waals surface area contributed by atoms with Crippen LogP contribution in [-0.4, -0.2) is 46.7 Å². The van der Waals surface area contributed by atoms with E-state index in [-0.39, 0.29) is 19.1 Å². The third-order valence-corrected chi connectivity index (χ3v) is 3.81. The zero-order valence-corrected chi connectivity index (χ0v) is 14.0. The first-order chi connectivity index (χ1) is 9.79. The van der Waals surface area contributed by atoms with Crippen LogP contribution in [0.15, 0.2) is 24.3 Å². The largest absolute Gasteiger partial charge is 0.491 e. The van der Waals surface area contributed by atoms with Crippen LogP contribution in [0, 0.1) is 3.57 Å². The molecule has 1 aliphatic heterocycles. The predicted molar refractivity (Wildman–Crippen MR) is 85.0 cm³/mol. The van der Waals surface area contributed by atoms with Crippen molar-refractivity contribution in [2.45, 2.75) is 25.5 Å². The minimum atomic E-state index is -0.937. The highest BCUT2D eigenvalue weighted by Crippen LogP contribution is 2.17. The number of benzene rings is 1. The Hall–Kier alpha value is -1.35. The van der Waals surface area contributed by atoms with E-state index >= 15 is 0 Å². The number of rotatable bonds is 5. The molecular weight excluding hydrogens is 387 g/mol. The predicted octanol–water partition coefficient (Wildman–Crippen LogP) is 1.36. The second-order valence-electron chi connectivity index (χ2n) is 5.39. The molecule has 0 unspecified atom stereocenters. The number of amides is 3. The summed E-state index contributed by atoms with van der Waals surface area (Å²) >= 11 is 2.19. The van der Waals surface area contributed by atoms with E-state index in [1.165, 1.54) is 0 Å². The van der Waals surface area contributed by atoms with Gasteiger partial charge in [0.1, 0.15) is 24.0 Å². The van der Waals surface area contributed by atoms with Crippen LogP contribution in [0.5, 0.6) is 5.75 Å². The van der Waals surface area contributed by atoms with Crippen molar-refractivity contribution in [3.05, 3.63) is 27.8 Å². The molecule has 2 N–H and O–H groups in total. The van der Waals surface area contributed by atoms with E-state index in [2.05, 4.69) is 27.9 Å². The van der Waals surface area contributed by atoms with Crippen LogP contribution < -0.4 is 10.1 Å². The smallest absolute Gasteiger partial charge is 0.325 e. The lowest BCUT2D eigenvalue weighted by Crippen LogP contribution is -2.42. The molecule has 2 rings (SSSR count). The van der Waals surface area contributed by atoms with Crippen molar-refractivity contribution in [1.29, 1.82) is 0 Å². The van der Waals surface area contributed by atoms with E-state index in [1.54, 1.807) is 26.0 Å². The van der Waals surface area contributed by atoms with Crippen LogP contribution in [0.1, 0.15) is 13.8 Å². The zero-order chi connectivity index (χ0) is 15.6. The van der Waals surface area contributed by atoms with Crippen LogP contribution >= 0.6 is 22.6 Å². The molecule has 0 radical (unpaired) electrons. The van der Waals surface area contributed by atoms with Crippen molar-refractivity contribution >= 4 is 34.5 Å². The molecule has 21 heavy (non-hydrogen) atoms. The van der Waals surface area contributed by atoms with Crippen LogP contribution in [0.3, 0.4) is 0 Å². The number of nitrogens with one attached hydrogen (secondary N) is 1. The van der Waals surface area contributed by atoms with Gasteiger partial charge in [-0.1, -0.05) is 0 Å². The number of ether oxygens (including phenoxy) is 1. The molecule has 0 aromatic heterocycles. The van der Waals surface area contributed by atoms with Gasteiger partial charge in [0.15, 0.2) is 0 Å². The fourth-order valence-electron chi connectivity index (χ4n) is 1.97. The van der Waals surface area contributed by atoms with Gasteiger partial charge < -0.3 is 15.2 Å². The topological polar surface area (TPSA) is 78.9 Å². The molecule has 6 nitrogen and oxygen atoms in total. The van der Waals surface area contributed by atoms with E-state index in [0.29, 0.717) is 5.75 Å². The molecule has 1 saturated heterocycles. The van der Waals surface area contributed by atoms with E-state index in [9.17, 15) is 14.7 Å². The third kappa shape index (κ3) is 3.85. The number of carbonyl (C=O) groups excluding carboxylic acids is 2. The fourth-order valence-corrected chi connectivity index (χ4v) is 2.33. The summed E-state index contributed by atoms with van der Waals surface area (Å²) in [4.78, 5) is 24.7. The van der Waals surface area contributed by atoms with Gasteiger partial charge in [-0.25, -0.2) is 4.79 Å². The Balaban J connectivity index is 1.87. The van der Waals surface area contributed by atoms with Crippen LogP contribution in [0.4, 0.5) is 4.79 Å². The average molecular weight is 404 g/mol. The fraction of sp³-hybridized carbons (Fsp3) is 0.429. The van der Waals surface area contributed by atoms with Gasteiger partial charge in [0.25, 0.3) is 5.91 Å². The van der Waals surface area contributed by atoms with Crippen molar-refractivity contribution in [3.8, 4) is 5.75 Å². The Kier molecular flexibility index (Phi) is 4.72. The van der Waals surface area contributed by atoms with Crippen molar-refractivity contribution < 1.29 is 19.4 Å². The molecule has 3 amide bonds. The van der Waals surface area contributed by atoms with Crippen LogP contribution in [0.2, 0.25) is 0 Å². The number of aliphatic hydroxyl groups is 1. The Bertz CT molecular complexity index is 544. The first-order valence-electron chi connectivity index (χ1n) is 6.50. The number of carbonyl (C=O) groups is 2. The monoisotopic (exact) mass is 404 g/mol. The molecule has 1 aromatic carbocycles. The average Bonchev–Trinajstić information content (AvgIpc) is 2.60. The molecule has 1 atom stereocenters. The quantitative estimate of drug-likeness (QED) is 0.574. The number of hydrogen-bond acceptors (Lipinski definition) is 4. The maximum Gasteiger partial charge on any atom is 0.325 e. The van der Waals surface area contributed by atoms with Gasteiger partial charge in [-0.05, 0) is 60.7 Å². The number of aliphatic hydroxyl groups excluding tert-OH is 1. The Morgan fingerprint density at radius 1 is 1.33 bits per heavy atom. The molecule has 0 bridgehead atoms. The highest BCUT2D eigenvalue weighted by atomic mass is 127. The minimum absolute atomic E-state index is 0.0120. The number of hydrogen-bond donors (Lipinski definition) is 2. The Labute approximate surface area is 136 Å². The summed E-state index contributed by atoms with van der Waals surface area (Å²) in [5.74, 6) is 0.285. The standard InChI is InChI=1S/C14H17IN2O4/c1-14(2)12(19)17(13(20)16-14)7-10(18)8-21-11-5-3-9(15)4-6-11/h3-6,10,18H,7-8H2,1-2H3,(H,16,20)/t10-/m1/s1. The lowest BCUT2D eigenvalue weighted by atomic mass is 10.1. The van der Waals surface area contributed by atoms with Gasteiger partial charge in [-0.2, -0.15) is 0 Å². The van der Waals surface area contributed by atoms with Crippen LogP contribution in [0.25, 0.3) is 0 Å². The highest BCUT2D eigenvalue weighted by molar-refractivity contribution is 14.1. The maximum absolute atomic E-state index is 12.0. The Morgan fingerprint density at radius 2 is 1.95 bits per heavy atom. The van der Waals surface area contributed by atoms with Gasteiger partial charge in [-0.3, -0.25) is 9.69 Å². The number of imide groups is 1. The summed E-state index contributed by atoms with van der Waals surface area (Å²) < 4.78 is 6.52. The second-order valence-corrected chi connectivity index (χ2v) is 6.64. The van der Waals surface area contributed by atoms with Gasteiger partial charge in [-0.15, -0.1) is 0 Å². The molecule has 0 aliphatic carbocycles. The summed E-state index contributed by atoms with van der Waals surface area (Å²) in [5, 5.41) is 12.5. The van der Waals surface area contributed by atoms with E-state index in [1.807, 2.05) is 12.1 Å². The van der Waals surface area contributed by atoms with E-state index in [4.69, 9.17) is 4.74 Å². The van der Waals surface area contributed by atoms with Crippen molar-refractivity contribution in [2.75, 3.05) is 13.2 Å².